The highest BCUT2D eigenvalue weighted by Gasteiger charge is 2.07. The molecule has 0 fully saturated rings. The van der Waals surface area contributed by atoms with Crippen LogP contribution in [0, 0.1) is 0 Å². The molecule has 0 amide bonds. The maximum absolute atomic E-state index is 10.4. The normalized spacial score (nSPS) is 10.1. The third-order valence-electron chi connectivity index (χ3n) is 1.93. The Hall–Kier alpha value is -1.07. The summed E-state index contributed by atoms with van der Waals surface area (Å²) in [6, 6.07) is 5.36. The fourth-order valence-corrected chi connectivity index (χ4v) is 1.54. The van der Waals surface area contributed by atoms with Crippen molar-refractivity contribution >= 4 is 22.1 Å². The van der Waals surface area contributed by atoms with Gasteiger partial charge in [0.15, 0.2) is 0 Å². The minimum Gasteiger partial charge on any atom is -0.449 e. The van der Waals surface area contributed by atoms with E-state index in [9.17, 15) is 4.79 Å². The van der Waals surface area contributed by atoms with Gasteiger partial charge >= 0.3 is 6.16 Å². The summed E-state index contributed by atoms with van der Waals surface area (Å²) in [5.74, 6) is 0.307. The van der Waals surface area contributed by atoms with Gasteiger partial charge in [0, 0.05) is 6.61 Å². The summed E-state index contributed by atoms with van der Waals surface area (Å²) < 4.78 is 10.5. The van der Waals surface area contributed by atoms with Crippen LogP contribution < -0.4 is 4.74 Å². The average Bonchev–Trinajstić information content (AvgIpc) is 2.22. The van der Waals surface area contributed by atoms with Crippen molar-refractivity contribution in [2.45, 2.75) is 13.3 Å². The van der Waals surface area contributed by atoms with E-state index in [1.165, 1.54) is 0 Å². The molecule has 0 radical (unpaired) electrons. The van der Waals surface area contributed by atoms with Crippen molar-refractivity contribution in [2.24, 2.45) is 0 Å². The Labute approximate surface area is 102 Å². The van der Waals surface area contributed by atoms with Crippen molar-refractivity contribution in [3.05, 3.63) is 28.2 Å². The molecule has 0 aromatic heterocycles. The third kappa shape index (κ3) is 4.20. The summed E-state index contributed by atoms with van der Waals surface area (Å²) in [6.07, 6.45) is -0.584. The van der Waals surface area contributed by atoms with Crippen LogP contribution in [0.2, 0.25) is 0 Å². The zero-order chi connectivity index (χ0) is 12.0. The van der Waals surface area contributed by atoms with Gasteiger partial charge in [-0.3, -0.25) is 0 Å². The number of benzene rings is 1. The second-order valence-corrected chi connectivity index (χ2v) is 3.93. The predicted molar refractivity (Wildman–Crippen MR) is 63.0 cm³/mol. The van der Waals surface area contributed by atoms with Crippen LogP contribution in [0.1, 0.15) is 12.5 Å². The summed E-state index contributed by atoms with van der Waals surface area (Å²) in [5, 5.41) is 8.53. The number of hydrogen-bond acceptors (Lipinski definition) is 3. The molecular formula is C11H13BrO4. The number of ether oxygens (including phenoxy) is 2. The number of carboxylic acid groups (broad SMARTS) is 1. The van der Waals surface area contributed by atoms with E-state index in [0.29, 0.717) is 23.4 Å². The van der Waals surface area contributed by atoms with Crippen molar-refractivity contribution in [3.63, 3.8) is 0 Å². The minimum absolute atomic E-state index is 0.307. The second kappa shape index (κ2) is 6.50. The smallest absolute Gasteiger partial charge is 0.449 e. The van der Waals surface area contributed by atoms with Gasteiger partial charge in [0.1, 0.15) is 5.75 Å². The number of carbonyl (C=O) groups is 1. The maximum atomic E-state index is 10.4. The highest BCUT2D eigenvalue weighted by molar-refractivity contribution is 9.10. The van der Waals surface area contributed by atoms with Gasteiger partial charge in [0.2, 0.25) is 0 Å². The summed E-state index contributed by atoms with van der Waals surface area (Å²) in [4.78, 5) is 10.4. The van der Waals surface area contributed by atoms with Crippen molar-refractivity contribution in [1.82, 2.24) is 0 Å². The van der Waals surface area contributed by atoms with Crippen LogP contribution in [0.4, 0.5) is 4.79 Å². The molecule has 0 atom stereocenters. The van der Waals surface area contributed by atoms with Crippen molar-refractivity contribution in [1.29, 1.82) is 0 Å². The maximum Gasteiger partial charge on any atom is 0.511 e. The molecule has 1 aromatic rings. The van der Waals surface area contributed by atoms with E-state index in [4.69, 9.17) is 9.84 Å². The van der Waals surface area contributed by atoms with Crippen LogP contribution in [-0.4, -0.2) is 24.5 Å². The van der Waals surface area contributed by atoms with Crippen molar-refractivity contribution in [3.8, 4) is 5.75 Å². The quantitative estimate of drug-likeness (QED) is 0.514. The average molecular weight is 289 g/mol. The van der Waals surface area contributed by atoms with E-state index < -0.39 is 6.16 Å². The molecule has 0 aliphatic carbocycles. The Morgan fingerprint density at radius 2 is 2.25 bits per heavy atom. The van der Waals surface area contributed by atoms with Gasteiger partial charge in [-0.2, -0.15) is 0 Å². The van der Waals surface area contributed by atoms with Crippen molar-refractivity contribution in [2.75, 3.05) is 13.2 Å². The Morgan fingerprint density at radius 3 is 2.88 bits per heavy atom. The van der Waals surface area contributed by atoms with Gasteiger partial charge in [-0.1, -0.05) is 6.07 Å². The lowest BCUT2D eigenvalue weighted by Gasteiger charge is -2.06. The Balaban J connectivity index is 2.69. The Bertz CT molecular complexity index is 365. The largest absolute Gasteiger partial charge is 0.511 e. The first-order chi connectivity index (χ1) is 7.63. The van der Waals surface area contributed by atoms with Crippen LogP contribution in [0.5, 0.6) is 5.75 Å². The molecule has 16 heavy (non-hydrogen) atoms. The molecule has 5 heteroatoms. The SMILES string of the molecule is CCOCCc1ccc(Br)c(OC(=O)O)c1. The fraction of sp³-hybridized carbons (Fsp3) is 0.364. The fourth-order valence-electron chi connectivity index (χ4n) is 1.21. The van der Waals surface area contributed by atoms with E-state index in [0.717, 1.165) is 12.0 Å². The van der Waals surface area contributed by atoms with Gasteiger partial charge < -0.3 is 14.6 Å². The number of hydrogen-bond donors (Lipinski definition) is 1. The lowest BCUT2D eigenvalue weighted by atomic mass is 10.1. The molecule has 0 saturated heterocycles. The summed E-state index contributed by atoms with van der Waals surface area (Å²) in [7, 11) is 0. The molecule has 0 heterocycles. The highest BCUT2D eigenvalue weighted by Crippen LogP contribution is 2.26. The molecule has 0 unspecified atom stereocenters. The van der Waals surface area contributed by atoms with Gasteiger partial charge in [-0.15, -0.1) is 0 Å². The van der Waals surface area contributed by atoms with Crippen LogP contribution >= 0.6 is 15.9 Å². The first-order valence-electron chi connectivity index (χ1n) is 4.90. The van der Waals surface area contributed by atoms with Gasteiger partial charge in [-0.25, -0.2) is 4.79 Å². The van der Waals surface area contributed by atoms with E-state index >= 15 is 0 Å². The third-order valence-corrected chi connectivity index (χ3v) is 2.59. The molecule has 1 aromatic carbocycles. The molecule has 0 spiro atoms. The zero-order valence-electron chi connectivity index (χ0n) is 8.90. The summed E-state index contributed by atoms with van der Waals surface area (Å²) in [5.41, 5.74) is 0.980. The molecule has 0 saturated carbocycles. The second-order valence-electron chi connectivity index (χ2n) is 3.08. The molecular weight excluding hydrogens is 276 g/mol. The number of rotatable bonds is 5. The summed E-state index contributed by atoms with van der Waals surface area (Å²) in [6.45, 7) is 3.22. The van der Waals surface area contributed by atoms with Crippen molar-refractivity contribution < 1.29 is 19.4 Å². The van der Waals surface area contributed by atoms with E-state index in [2.05, 4.69) is 20.7 Å². The standard InChI is InChI=1S/C11H13BrO4/c1-2-15-6-5-8-3-4-9(12)10(7-8)16-11(13)14/h3-4,7H,2,5-6H2,1H3,(H,13,14). The summed E-state index contributed by atoms with van der Waals surface area (Å²) >= 11 is 3.22. The van der Waals surface area contributed by atoms with Gasteiger partial charge in [-0.05, 0) is 47.0 Å². The first kappa shape index (κ1) is 13.0. The Kier molecular flexibility index (Phi) is 5.28. The molecule has 0 bridgehead atoms. The first-order valence-corrected chi connectivity index (χ1v) is 5.69. The van der Waals surface area contributed by atoms with Gasteiger partial charge in [0.05, 0.1) is 11.1 Å². The zero-order valence-corrected chi connectivity index (χ0v) is 10.5. The molecule has 1 N–H and O–H groups in total. The van der Waals surface area contributed by atoms with Crippen LogP contribution in [0.15, 0.2) is 22.7 Å². The monoisotopic (exact) mass is 288 g/mol. The van der Waals surface area contributed by atoms with Crippen LogP contribution in [0.3, 0.4) is 0 Å². The van der Waals surface area contributed by atoms with Gasteiger partial charge in [0.25, 0.3) is 0 Å². The molecule has 4 nitrogen and oxygen atoms in total. The molecule has 0 aliphatic rings. The van der Waals surface area contributed by atoms with E-state index in [1.54, 1.807) is 12.1 Å². The van der Waals surface area contributed by atoms with E-state index in [1.807, 2.05) is 13.0 Å². The topological polar surface area (TPSA) is 55.8 Å². The van der Waals surface area contributed by atoms with E-state index in [-0.39, 0.29) is 0 Å². The molecule has 1 rings (SSSR count). The van der Waals surface area contributed by atoms with Crippen LogP contribution in [-0.2, 0) is 11.2 Å². The molecule has 0 aliphatic heterocycles. The lowest BCUT2D eigenvalue weighted by Crippen LogP contribution is -2.04. The predicted octanol–water partition coefficient (Wildman–Crippen LogP) is 3.08. The Morgan fingerprint density at radius 1 is 1.50 bits per heavy atom. The lowest BCUT2D eigenvalue weighted by molar-refractivity contribution is 0.144. The minimum atomic E-state index is -1.32. The van der Waals surface area contributed by atoms with Crippen LogP contribution in [0.25, 0.3) is 0 Å². The molecule has 88 valence electrons. The highest BCUT2D eigenvalue weighted by atomic mass is 79.9. The number of halogens is 1.